The highest BCUT2D eigenvalue weighted by atomic mass is 16.5. The zero-order valence-electron chi connectivity index (χ0n) is 24.7. The molecule has 0 amide bonds. The van der Waals surface area contributed by atoms with Crippen LogP contribution >= 0.6 is 0 Å². The predicted octanol–water partition coefficient (Wildman–Crippen LogP) is 9.88. The second-order valence-corrected chi connectivity index (χ2v) is 15.5. The first kappa shape index (κ1) is 26.8. The normalized spacial score (nSPS) is 47.7. The molecule has 0 bridgehead atoms. The van der Waals surface area contributed by atoms with Gasteiger partial charge in [-0.2, -0.15) is 0 Å². The Hall–Kier alpha value is -0.0800. The topological polar surface area (TPSA) is 18.5 Å². The Kier molecular flexibility index (Phi) is 8.76. The molecule has 1 aliphatic heterocycles. The predicted molar refractivity (Wildman–Crippen MR) is 156 cm³/mol. The number of fused-ring (bicyclic) bond motifs is 6. The van der Waals surface area contributed by atoms with Crippen LogP contribution in [0.15, 0.2) is 0 Å². The summed E-state index contributed by atoms with van der Waals surface area (Å²) in [4.78, 5) is 0. The molecule has 2 heteroatoms. The zero-order chi connectivity index (χ0) is 25.3. The van der Waals surface area contributed by atoms with E-state index in [1.165, 1.54) is 154 Å². The molecule has 216 valence electrons. The summed E-state index contributed by atoms with van der Waals surface area (Å²) in [6, 6.07) is 0. The van der Waals surface area contributed by atoms with Gasteiger partial charge in [-0.15, -0.1) is 0 Å². The molecule has 7 fully saturated rings. The number of hydrogen-bond donors (Lipinski definition) is 0. The van der Waals surface area contributed by atoms with Gasteiger partial charge in [0.15, 0.2) is 0 Å². The van der Waals surface area contributed by atoms with E-state index in [0.29, 0.717) is 24.4 Å². The minimum atomic E-state index is 0.530. The maximum Gasteiger partial charge on any atom is 0.0613 e. The average molecular weight is 525 g/mol. The van der Waals surface area contributed by atoms with E-state index < -0.39 is 0 Å². The molecule has 0 aromatic carbocycles. The summed E-state index contributed by atoms with van der Waals surface area (Å²) in [7, 11) is 0. The fraction of sp³-hybridized carbons (Fsp3) is 1.00. The third-order valence-corrected chi connectivity index (χ3v) is 13.6. The second kappa shape index (κ2) is 12.4. The molecular formula is C36H60O2. The van der Waals surface area contributed by atoms with Crippen molar-refractivity contribution in [3.63, 3.8) is 0 Å². The van der Waals surface area contributed by atoms with Gasteiger partial charge in [-0.1, -0.05) is 103 Å². The first-order valence-corrected chi connectivity index (χ1v) is 18.2. The summed E-state index contributed by atoms with van der Waals surface area (Å²) in [5.74, 6) is 6.91. The van der Waals surface area contributed by atoms with Crippen molar-refractivity contribution in [2.24, 2.45) is 47.3 Å². The quantitative estimate of drug-likeness (QED) is 0.358. The molecule has 10 atom stereocenters. The molecule has 6 saturated carbocycles. The molecule has 6 aliphatic carbocycles. The molecule has 0 radical (unpaired) electrons. The van der Waals surface area contributed by atoms with Crippen LogP contribution in [-0.4, -0.2) is 24.4 Å². The number of hydrogen-bond acceptors (Lipinski definition) is 2. The van der Waals surface area contributed by atoms with E-state index in [2.05, 4.69) is 0 Å². The van der Waals surface area contributed by atoms with Crippen LogP contribution in [0, 0.1) is 47.3 Å². The molecule has 0 aromatic rings. The highest BCUT2D eigenvalue weighted by Crippen LogP contribution is 2.55. The summed E-state index contributed by atoms with van der Waals surface area (Å²) in [6.45, 7) is 0. The molecule has 38 heavy (non-hydrogen) atoms. The van der Waals surface area contributed by atoms with Gasteiger partial charge in [0.2, 0.25) is 0 Å². The number of rotatable bonds is 2. The maximum atomic E-state index is 7.72. The van der Waals surface area contributed by atoms with Gasteiger partial charge < -0.3 is 9.47 Å². The van der Waals surface area contributed by atoms with Crippen molar-refractivity contribution in [1.29, 1.82) is 0 Å². The van der Waals surface area contributed by atoms with E-state index in [0.717, 1.165) is 47.3 Å². The van der Waals surface area contributed by atoms with E-state index in [4.69, 9.17) is 9.47 Å². The maximum absolute atomic E-state index is 7.72. The van der Waals surface area contributed by atoms with E-state index >= 15 is 0 Å². The largest absolute Gasteiger partial charge is 0.374 e. The van der Waals surface area contributed by atoms with Crippen molar-refractivity contribution in [3.05, 3.63) is 0 Å². The lowest BCUT2D eigenvalue weighted by Crippen LogP contribution is -2.55. The van der Waals surface area contributed by atoms with Gasteiger partial charge in [0, 0.05) is 0 Å². The molecule has 1 heterocycles. The molecular weight excluding hydrogens is 464 g/mol. The van der Waals surface area contributed by atoms with E-state index in [1.807, 2.05) is 0 Å². The van der Waals surface area contributed by atoms with Crippen molar-refractivity contribution >= 4 is 0 Å². The summed E-state index contributed by atoms with van der Waals surface area (Å²) < 4.78 is 15.3. The van der Waals surface area contributed by atoms with Gasteiger partial charge in [0.1, 0.15) is 0 Å². The van der Waals surface area contributed by atoms with Crippen molar-refractivity contribution in [1.82, 2.24) is 0 Å². The third kappa shape index (κ3) is 5.42. The van der Waals surface area contributed by atoms with Crippen LogP contribution < -0.4 is 0 Å². The molecule has 0 aromatic heterocycles. The number of ether oxygens (including phenoxy) is 2. The lowest BCUT2D eigenvalue weighted by Gasteiger charge is -2.56. The fourth-order valence-corrected chi connectivity index (χ4v) is 12.1. The van der Waals surface area contributed by atoms with Gasteiger partial charge in [-0.3, -0.25) is 0 Å². The Bertz CT molecular complexity index is 678. The Balaban J connectivity index is 1.24. The van der Waals surface area contributed by atoms with Crippen molar-refractivity contribution in [3.8, 4) is 0 Å². The molecule has 1 saturated heterocycles. The SMILES string of the molecule is C1CCC(C2CCCC3OC4CCCC(C5CCCCC5)C4C4CCCCC4OC4CCCCC4C32)CC1. The van der Waals surface area contributed by atoms with Crippen LogP contribution in [0.2, 0.25) is 0 Å². The zero-order valence-corrected chi connectivity index (χ0v) is 24.7. The molecule has 0 N–H and O–H groups in total. The summed E-state index contributed by atoms with van der Waals surface area (Å²) in [5.41, 5.74) is 0. The summed E-state index contributed by atoms with van der Waals surface area (Å²) in [6.07, 6.45) is 36.8. The van der Waals surface area contributed by atoms with E-state index in [9.17, 15) is 0 Å². The lowest BCUT2D eigenvalue weighted by atomic mass is 9.58. The van der Waals surface area contributed by atoms with E-state index in [-0.39, 0.29) is 0 Å². The molecule has 2 nitrogen and oxygen atoms in total. The van der Waals surface area contributed by atoms with Gasteiger partial charge in [-0.25, -0.2) is 0 Å². The van der Waals surface area contributed by atoms with Gasteiger partial charge >= 0.3 is 0 Å². The monoisotopic (exact) mass is 524 g/mol. The highest BCUT2D eigenvalue weighted by molar-refractivity contribution is 5.01. The van der Waals surface area contributed by atoms with Crippen molar-refractivity contribution < 1.29 is 9.47 Å². The van der Waals surface area contributed by atoms with Crippen molar-refractivity contribution in [2.45, 2.75) is 179 Å². The molecule has 0 spiro atoms. The lowest BCUT2D eigenvalue weighted by molar-refractivity contribution is -0.211. The Morgan fingerprint density at radius 2 is 0.605 bits per heavy atom. The smallest absolute Gasteiger partial charge is 0.0613 e. The minimum Gasteiger partial charge on any atom is -0.374 e. The minimum absolute atomic E-state index is 0.530. The van der Waals surface area contributed by atoms with Gasteiger partial charge in [-0.05, 0) is 98.7 Å². The first-order chi connectivity index (χ1) is 18.9. The Labute approximate surface area is 235 Å². The average Bonchev–Trinajstić information content (AvgIpc) is 2.99. The van der Waals surface area contributed by atoms with Crippen LogP contribution in [0.25, 0.3) is 0 Å². The fourth-order valence-electron chi connectivity index (χ4n) is 12.1. The third-order valence-electron chi connectivity index (χ3n) is 13.6. The van der Waals surface area contributed by atoms with Crippen LogP contribution in [0.4, 0.5) is 0 Å². The molecule has 7 aliphatic rings. The van der Waals surface area contributed by atoms with Gasteiger partial charge in [0.25, 0.3) is 0 Å². The van der Waals surface area contributed by atoms with Crippen LogP contribution in [-0.2, 0) is 9.47 Å². The summed E-state index contributed by atoms with van der Waals surface area (Å²) >= 11 is 0. The second-order valence-electron chi connectivity index (χ2n) is 15.5. The van der Waals surface area contributed by atoms with Crippen LogP contribution in [0.5, 0.6) is 0 Å². The van der Waals surface area contributed by atoms with Crippen LogP contribution in [0.1, 0.15) is 154 Å². The van der Waals surface area contributed by atoms with Crippen LogP contribution in [0.3, 0.4) is 0 Å². The first-order valence-electron chi connectivity index (χ1n) is 18.2. The summed E-state index contributed by atoms with van der Waals surface area (Å²) in [5, 5.41) is 0. The molecule has 7 rings (SSSR count). The molecule has 10 unspecified atom stereocenters. The van der Waals surface area contributed by atoms with Crippen molar-refractivity contribution in [2.75, 3.05) is 0 Å². The highest BCUT2D eigenvalue weighted by Gasteiger charge is 2.52. The standard InChI is InChI=1S/C36H60O2/c1-3-13-25(14-4-1)27-19-11-23-33-35(27)29-17-7-9-21-31(29)37-32-22-10-8-18-30(32)36-28(20-12-24-34(36)38-33)26-15-5-2-6-16-26/h25-36H,1-24H2. The Morgan fingerprint density at radius 1 is 0.263 bits per heavy atom. The Morgan fingerprint density at radius 3 is 1.08 bits per heavy atom. The van der Waals surface area contributed by atoms with Gasteiger partial charge in [0.05, 0.1) is 24.4 Å². The van der Waals surface area contributed by atoms with E-state index in [1.54, 1.807) is 0 Å².